The van der Waals surface area contributed by atoms with Gasteiger partial charge in [0.15, 0.2) is 0 Å². The summed E-state index contributed by atoms with van der Waals surface area (Å²) >= 11 is 0. The van der Waals surface area contributed by atoms with E-state index in [0.717, 1.165) is 19.3 Å². The fraction of sp³-hybridized carbons (Fsp3) is 0.938. The molecule has 1 amide bonds. The van der Waals surface area contributed by atoms with Crippen molar-refractivity contribution < 1.29 is 14.6 Å². The maximum Gasteiger partial charge on any atom is 0.410 e. The third kappa shape index (κ3) is 5.31. The predicted octanol–water partition coefficient (Wildman–Crippen LogP) is 3.57. The fourth-order valence-electron chi connectivity index (χ4n) is 2.85. The van der Waals surface area contributed by atoms with Gasteiger partial charge in [-0.3, -0.25) is 0 Å². The Hall–Kier alpha value is -0.770. The van der Waals surface area contributed by atoms with Gasteiger partial charge in [0, 0.05) is 25.1 Å². The number of aliphatic hydroxyl groups excluding tert-OH is 1. The summed E-state index contributed by atoms with van der Waals surface area (Å²) in [5, 5.41) is 9.49. The van der Waals surface area contributed by atoms with Crippen LogP contribution in [0.1, 0.15) is 66.2 Å². The van der Waals surface area contributed by atoms with Crippen LogP contribution in [0.3, 0.4) is 0 Å². The first kappa shape index (κ1) is 17.3. The second-order valence-corrected chi connectivity index (χ2v) is 6.82. The van der Waals surface area contributed by atoms with Gasteiger partial charge >= 0.3 is 6.09 Å². The highest BCUT2D eigenvalue weighted by molar-refractivity contribution is 5.69. The molecule has 0 aromatic heterocycles. The van der Waals surface area contributed by atoms with Crippen LogP contribution < -0.4 is 0 Å². The number of ether oxygens (including phenoxy) is 1. The number of hydrogen-bond acceptors (Lipinski definition) is 3. The van der Waals surface area contributed by atoms with Crippen molar-refractivity contribution in [1.29, 1.82) is 0 Å². The molecule has 0 unspecified atom stereocenters. The maximum atomic E-state index is 12.2. The number of likely N-dealkylation sites (tertiary alicyclic amines) is 1. The van der Waals surface area contributed by atoms with E-state index in [-0.39, 0.29) is 24.7 Å². The summed E-state index contributed by atoms with van der Waals surface area (Å²) in [4.78, 5) is 14.1. The van der Waals surface area contributed by atoms with E-state index < -0.39 is 5.60 Å². The van der Waals surface area contributed by atoms with Gasteiger partial charge in [-0.1, -0.05) is 32.6 Å². The molecule has 0 saturated carbocycles. The molecule has 0 spiro atoms. The number of unbranched alkanes of at least 4 members (excludes halogenated alkanes) is 3. The van der Waals surface area contributed by atoms with E-state index in [9.17, 15) is 9.90 Å². The molecular weight excluding hydrogens is 254 g/mol. The molecule has 0 radical (unpaired) electrons. The average Bonchev–Trinajstić information content (AvgIpc) is 2.75. The van der Waals surface area contributed by atoms with Gasteiger partial charge in [-0.25, -0.2) is 4.79 Å². The van der Waals surface area contributed by atoms with Crippen molar-refractivity contribution in [2.24, 2.45) is 5.92 Å². The zero-order valence-electron chi connectivity index (χ0n) is 13.5. The molecule has 4 heteroatoms. The average molecular weight is 285 g/mol. The van der Waals surface area contributed by atoms with Crippen molar-refractivity contribution in [3.05, 3.63) is 0 Å². The first-order chi connectivity index (χ1) is 9.39. The minimum Gasteiger partial charge on any atom is -0.444 e. The Morgan fingerprint density at radius 3 is 2.55 bits per heavy atom. The minimum atomic E-state index is -0.457. The summed E-state index contributed by atoms with van der Waals surface area (Å²) in [5.41, 5.74) is -0.457. The molecule has 118 valence electrons. The highest BCUT2D eigenvalue weighted by Gasteiger charge is 2.38. The Labute approximate surface area is 123 Å². The van der Waals surface area contributed by atoms with Crippen molar-refractivity contribution in [2.45, 2.75) is 77.9 Å². The monoisotopic (exact) mass is 285 g/mol. The highest BCUT2D eigenvalue weighted by atomic mass is 16.6. The Balaban J connectivity index is 2.56. The van der Waals surface area contributed by atoms with Gasteiger partial charge in [-0.2, -0.15) is 0 Å². The number of carbonyl (C=O) groups excluding carboxylic acids is 1. The predicted molar refractivity (Wildman–Crippen MR) is 80.7 cm³/mol. The highest BCUT2D eigenvalue weighted by Crippen LogP contribution is 2.29. The molecule has 0 aromatic carbocycles. The SMILES string of the molecule is CCCCCC[C@H]1[C@@H](CO)CCN1C(=O)OC(C)(C)C. The number of hydrogen-bond donors (Lipinski definition) is 1. The van der Waals surface area contributed by atoms with Crippen LogP contribution in [0.5, 0.6) is 0 Å². The number of nitrogens with zero attached hydrogens (tertiary/aromatic N) is 1. The molecule has 1 rings (SSSR count). The molecule has 1 saturated heterocycles. The molecule has 1 fully saturated rings. The molecule has 4 nitrogen and oxygen atoms in total. The van der Waals surface area contributed by atoms with Gasteiger partial charge in [0.2, 0.25) is 0 Å². The van der Waals surface area contributed by atoms with E-state index in [2.05, 4.69) is 6.92 Å². The second kappa shape index (κ2) is 7.87. The molecule has 0 aromatic rings. The first-order valence-corrected chi connectivity index (χ1v) is 7.99. The van der Waals surface area contributed by atoms with E-state index >= 15 is 0 Å². The lowest BCUT2D eigenvalue weighted by Crippen LogP contribution is -2.42. The second-order valence-electron chi connectivity index (χ2n) is 6.82. The van der Waals surface area contributed by atoms with Gasteiger partial charge in [0.05, 0.1) is 0 Å². The maximum absolute atomic E-state index is 12.2. The van der Waals surface area contributed by atoms with Gasteiger partial charge in [-0.05, 0) is 33.6 Å². The van der Waals surface area contributed by atoms with Gasteiger partial charge in [0.25, 0.3) is 0 Å². The summed E-state index contributed by atoms with van der Waals surface area (Å²) < 4.78 is 5.48. The van der Waals surface area contributed by atoms with Crippen LogP contribution in [0.2, 0.25) is 0 Å². The number of rotatable bonds is 6. The summed E-state index contributed by atoms with van der Waals surface area (Å²) in [6.07, 6.45) is 6.40. The van der Waals surface area contributed by atoms with E-state index in [1.807, 2.05) is 25.7 Å². The van der Waals surface area contributed by atoms with Gasteiger partial charge in [-0.15, -0.1) is 0 Å². The standard InChI is InChI=1S/C16H31NO3/c1-5-6-7-8-9-14-13(12-18)10-11-17(14)15(19)20-16(2,3)4/h13-14,18H,5-12H2,1-4H3/t13-,14+/m1/s1. The summed E-state index contributed by atoms with van der Waals surface area (Å²) in [7, 11) is 0. The molecule has 1 heterocycles. The Morgan fingerprint density at radius 2 is 2.00 bits per heavy atom. The molecule has 20 heavy (non-hydrogen) atoms. The van der Waals surface area contributed by atoms with Crippen LogP contribution in [-0.2, 0) is 4.74 Å². The van der Waals surface area contributed by atoms with E-state index in [0.29, 0.717) is 6.54 Å². The van der Waals surface area contributed by atoms with Crippen LogP contribution >= 0.6 is 0 Å². The van der Waals surface area contributed by atoms with Gasteiger partial charge < -0.3 is 14.7 Å². The van der Waals surface area contributed by atoms with Crippen molar-refractivity contribution in [3.63, 3.8) is 0 Å². The smallest absolute Gasteiger partial charge is 0.410 e. The molecular formula is C16H31NO3. The molecule has 0 aliphatic carbocycles. The molecule has 2 atom stereocenters. The van der Waals surface area contributed by atoms with Gasteiger partial charge in [0.1, 0.15) is 5.60 Å². The van der Waals surface area contributed by atoms with Crippen LogP contribution in [0, 0.1) is 5.92 Å². The van der Waals surface area contributed by atoms with Crippen LogP contribution in [0.4, 0.5) is 4.79 Å². The van der Waals surface area contributed by atoms with E-state index in [4.69, 9.17) is 4.74 Å². The minimum absolute atomic E-state index is 0.145. The third-order valence-corrected chi connectivity index (χ3v) is 3.90. The molecule has 1 aliphatic rings. The zero-order chi connectivity index (χ0) is 15.2. The van der Waals surface area contributed by atoms with E-state index in [1.54, 1.807) is 0 Å². The van der Waals surface area contributed by atoms with Crippen molar-refractivity contribution >= 4 is 6.09 Å². The largest absolute Gasteiger partial charge is 0.444 e. The van der Waals surface area contributed by atoms with Crippen LogP contribution in [0.25, 0.3) is 0 Å². The lowest BCUT2D eigenvalue weighted by Gasteiger charge is -2.30. The van der Waals surface area contributed by atoms with E-state index in [1.165, 1.54) is 19.3 Å². The van der Waals surface area contributed by atoms with Crippen molar-refractivity contribution in [1.82, 2.24) is 4.90 Å². The number of aliphatic hydroxyl groups is 1. The topological polar surface area (TPSA) is 49.8 Å². The number of amides is 1. The Morgan fingerprint density at radius 1 is 1.30 bits per heavy atom. The number of carbonyl (C=O) groups is 1. The Bertz CT molecular complexity index is 299. The normalized spacial score (nSPS) is 23.1. The van der Waals surface area contributed by atoms with Crippen LogP contribution in [-0.4, -0.2) is 40.9 Å². The lowest BCUT2D eigenvalue weighted by atomic mass is 9.96. The molecule has 1 N–H and O–H groups in total. The van der Waals surface area contributed by atoms with Crippen LogP contribution in [0.15, 0.2) is 0 Å². The Kier molecular flexibility index (Phi) is 6.80. The summed E-state index contributed by atoms with van der Waals surface area (Å²) in [6, 6.07) is 0.145. The fourth-order valence-corrected chi connectivity index (χ4v) is 2.85. The van der Waals surface area contributed by atoms with Crippen molar-refractivity contribution in [2.75, 3.05) is 13.2 Å². The molecule has 0 bridgehead atoms. The lowest BCUT2D eigenvalue weighted by molar-refractivity contribution is 0.0184. The quantitative estimate of drug-likeness (QED) is 0.759. The summed E-state index contributed by atoms with van der Waals surface area (Å²) in [6.45, 7) is 8.73. The first-order valence-electron chi connectivity index (χ1n) is 7.99. The van der Waals surface area contributed by atoms with Crippen molar-refractivity contribution in [3.8, 4) is 0 Å². The molecule has 1 aliphatic heterocycles. The zero-order valence-corrected chi connectivity index (χ0v) is 13.5. The third-order valence-electron chi connectivity index (χ3n) is 3.90. The summed E-state index contributed by atoms with van der Waals surface area (Å²) in [5.74, 6) is 0.212.